The molecule has 0 aliphatic heterocycles. The normalized spacial score (nSPS) is 10.2. The Morgan fingerprint density at radius 2 is 1.60 bits per heavy atom. The summed E-state index contributed by atoms with van der Waals surface area (Å²) in [5.41, 5.74) is 4.75. The molecule has 2 aromatic carbocycles. The molecule has 7 heteroatoms. The van der Waals surface area contributed by atoms with Gasteiger partial charge >= 0.3 is 0 Å². The number of anilines is 3. The third-order valence-electron chi connectivity index (χ3n) is 2.55. The second kappa shape index (κ2) is 5.09. The lowest BCUT2D eigenvalue weighted by Gasteiger charge is -2.12. The van der Waals surface area contributed by atoms with Gasteiger partial charge in [-0.3, -0.25) is 0 Å². The van der Waals surface area contributed by atoms with Crippen molar-refractivity contribution in [1.82, 2.24) is 0 Å². The van der Waals surface area contributed by atoms with Crippen molar-refractivity contribution in [3.05, 3.63) is 53.1 Å². The highest BCUT2D eigenvalue weighted by atomic mass is 19.2. The maximum Gasteiger partial charge on any atom is 0.185 e. The highest BCUT2D eigenvalue weighted by Gasteiger charge is 2.19. The summed E-state index contributed by atoms with van der Waals surface area (Å²) in [4.78, 5) is 0. The van der Waals surface area contributed by atoms with E-state index in [2.05, 4.69) is 5.32 Å². The van der Waals surface area contributed by atoms with Crippen LogP contribution in [-0.2, 0) is 0 Å². The number of nitrogen functional groups attached to an aromatic ring is 1. The van der Waals surface area contributed by atoms with E-state index < -0.39 is 29.0 Å². The first-order valence-corrected chi connectivity index (χ1v) is 5.33. The molecule has 0 saturated carbocycles. The largest absolute Gasteiger partial charge is 0.397 e. The number of hydrogen-bond donors (Lipinski definition) is 2. The summed E-state index contributed by atoms with van der Waals surface area (Å²) in [7, 11) is 0. The minimum atomic E-state index is -1.58. The van der Waals surface area contributed by atoms with E-state index in [9.17, 15) is 17.6 Å². The van der Waals surface area contributed by atoms with Crippen molar-refractivity contribution in [2.24, 2.45) is 0 Å². The van der Waals surface area contributed by atoms with E-state index in [-0.39, 0.29) is 23.0 Å². The van der Waals surface area contributed by atoms with Gasteiger partial charge in [-0.05, 0) is 18.2 Å². The van der Waals surface area contributed by atoms with Gasteiger partial charge in [0.05, 0.1) is 23.0 Å². The molecule has 102 valence electrons. The monoisotopic (exact) mass is 281 g/mol. The molecule has 0 radical (unpaired) electrons. The van der Waals surface area contributed by atoms with E-state index in [1.54, 1.807) is 6.07 Å². The van der Waals surface area contributed by atoms with Crippen LogP contribution in [0.2, 0.25) is 0 Å². The zero-order chi connectivity index (χ0) is 14.9. The molecule has 0 saturated heterocycles. The Morgan fingerprint density at radius 1 is 1.00 bits per heavy atom. The third-order valence-corrected chi connectivity index (χ3v) is 2.55. The maximum absolute atomic E-state index is 13.5. The first-order chi connectivity index (χ1) is 9.43. The summed E-state index contributed by atoms with van der Waals surface area (Å²) in [6, 6.07) is 5.82. The Kier molecular flexibility index (Phi) is 3.48. The van der Waals surface area contributed by atoms with Crippen LogP contribution in [0.4, 0.5) is 34.6 Å². The minimum Gasteiger partial charge on any atom is -0.397 e. The number of halogens is 4. The molecule has 2 aromatic rings. The zero-order valence-electron chi connectivity index (χ0n) is 9.85. The van der Waals surface area contributed by atoms with Crippen molar-refractivity contribution < 1.29 is 17.6 Å². The van der Waals surface area contributed by atoms with Crippen LogP contribution >= 0.6 is 0 Å². The van der Waals surface area contributed by atoms with E-state index >= 15 is 0 Å². The van der Waals surface area contributed by atoms with E-state index in [0.29, 0.717) is 0 Å². The fourth-order valence-electron chi connectivity index (χ4n) is 1.55. The molecule has 0 aliphatic carbocycles. The van der Waals surface area contributed by atoms with E-state index in [4.69, 9.17) is 11.0 Å². The predicted molar refractivity (Wildman–Crippen MR) is 65.1 cm³/mol. The van der Waals surface area contributed by atoms with Crippen LogP contribution in [0, 0.1) is 34.6 Å². The van der Waals surface area contributed by atoms with Crippen LogP contribution in [0.3, 0.4) is 0 Å². The molecular weight excluding hydrogens is 274 g/mol. The predicted octanol–water partition coefficient (Wildman–Crippen LogP) is 3.44. The molecule has 0 unspecified atom stereocenters. The molecule has 20 heavy (non-hydrogen) atoms. The molecule has 0 aromatic heterocycles. The van der Waals surface area contributed by atoms with Crippen molar-refractivity contribution in [2.75, 3.05) is 11.1 Å². The summed E-state index contributed by atoms with van der Waals surface area (Å²) in [6.45, 7) is 0. The van der Waals surface area contributed by atoms with Crippen molar-refractivity contribution in [3.63, 3.8) is 0 Å². The Morgan fingerprint density at radius 3 is 2.15 bits per heavy atom. The molecule has 3 N–H and O–H groups in total. The van der Waals surface area contributed by atoms with E-state index in [1.165, 1.54) is 18.2 Å². The van der Waals surface area contributed by atoms with Crippen LogP contribution in [0.15, 0.2) is 24.3 Å². The molecule has 0 amide bonds. The Bertz CT molecular complexity index is 696. The van der Waals surface area contributed by atoms with Gasteiger partial charge in [-0.2, -0.15) is 5.26 Å². The van der Waals surface area contributed by atoms with Gasteiger partial charge in [-0.15, -0.1) is 0 Å². The number of nitrogens with one attached hydrogen (secondary N) is 1. The Labute approximate surface area is 111 Å². The molecule has 2 rings (SSSR count). The molecule has 3 nitrogen and oxygen atoms in total. The van der Waals surface area contributed by atoms with Crippen molar-refractivity contribution in [3.8, 4) is 6.07 Å². The van der Waals surface area contributed by atoms with E-state index in [1.807, 2.05) is 0 Å². The maximum atomic E-state index is 13.5. The number of nitrogens with zero attached hydrogens (tertiary/aromatic N) is 1. The van der Waals surface area contributed by atoms with Gasteiger partial charge in [0.25, 0.3) is 0 Å². The number of benzene rings is 2. The standard InChI is InChI=1S/C13H7F4N3/c14-7-4-8(15)12(17)13(11(7)16)20-10-3-6(5-18)1-2-9(10)19/h1-4,20H,19H2. The SMILES string of the molecule is N#Cc1ccc(N)c(Nc2c(F)c(F)cc(F)c2F)c1. The Balaban J connectivity index is 2.53. The lowest BCUT2D eigenvalue weighted by atomic mass is 10.1. The minimum absolute atomic E-state index is 0.0353. The smallest absolute Gasteiger partial charge is 0.185 e. The topological polar surface area (TPSA) is 61.8 Å². The van der Waals surface area contributed by atoms with Crippen molar-refractivity contribution in [1.29, 1.82) is 5.26 Å². The van der Waals surface area contributed by atoms with E-state index in [0.717, 1.165) is 0 Å². The fraction of sp³-hybridized carbons (Fsp3) is 0. The fourth-order valence-corrected chi connectivity index (χ4v) is 1.55. The van der Waals surface area contributed by atoms with Gasteiger partial charge in [-0.25, -0.2) is 17.6 Å². The second-order valence-corrected chi connectivity index (χ2v) is 3.88. The molecule has 0 atom stereocenters. The van der Waals surface area contributed by atoms with Gasteiger partial charge in [0, 0.05) is 6.07 Å². The molecule has 0 heterocycles. The molecule has 0 spiro atoms. The first kappa shape index (κ1) is 13.7. The van der Waals surface area contributed by atoms with Crippen LogP contribution in [0.5, 0.6) is 0 Å². The quantitative estimate of drug-likeness (QED) is 0.503. The zero-order valence-corrected chi connectivity index (χ0v) is 9.85. The summed E-state index contributed by atoms with van der Waals surface area (Å²) in [5, 5.41) is 10.9. The van der Waals surface area contributed by atoms with Crippen LogP contribution in [-0.4, -0.2) is 0 Å². The summed E-state index contributed by atoms with van der Waals surface area (Å²) in [6.07, 6.45) is 0. The van der Waals surface area contributed by atoms with Gasteiger partial charge < -0.3 is 11.1 Å². The molecule has 0 bridgehead atoms. The van der Waals surface area contributed by atoms with Gasteiger partial charge in [-0.1, -0.05) is 0 Å². The summed E-state index contributed by atoms with van der Waals surface area (Å²) < 4.78 is 53.1. The van der Waals surface area contributed by atoms with Crippen LogP contribution < -0.4 is 11.1 Å². The molecule has 0 aliphatic rings. The van der Waals surface area contributed by atoms with Gasteiger partial charge in [0.15, 0.2) is 23.3 Å². The third kappa shape index (κ3) is 2.36. The summed E-state index contributed by atoms with van der Waals surface area (Å²) in [5.74, 6) is -6.24. The van der Waals surface area contributed by atoms with Crippen LogP contribution in [0.25, 0.3) is 0 Å². The lowest BCUT2D eigenvalue weighted by molar-refractivity contribution is 0.459. The highest BCUT2D eigenvalue weighted by molar-refractivity contribution is 5.74. The van der Waals surface area contributed by atoms with Crippen molar-refractivity contribution >= 4 is 17.1 Å². The lowest BCUT2D eigenvalue weighted by Crippen LogP contribution is -2.05. The van der Waals surface area contributed by atoms with Crippen LogP contribution in [0.1, 0.15) is 5.56 Å². The average Bonchev–Trinajstić information content (AvgIpc) is 2.43. The highest BCUT2D eigenvalue weighted by Crippen LogP contribution is 2.30. The first-order valence-electron chi connectivity index (χ1n) is 5.33. The van der Waals surface area contributed by atoms with Gasteiger partial charge in [0.1, 0.15) is 5.69 Å². The Hall–Kier alpha value is -2.75. The molecule has 0 fully saturated rings. The summed E-state index contributed by atoms with van der Waals surface area (Å²) >= 11 is 0. The second-order valence-electron chi connectivity index (χ2n) is 3.88. The number of rotatable bonds is 2. The van der Waals surface area contributed by atoms with Gasteiger partial charge in [0.2, 0.25) is 0 Å². The average molecular weight is 281 g/mol. The number of hydrogen-bond acceptors (Lipinski definition) is 3. The number of nitrogens with two attached hydrogens (primary N) is 1. The molecular formula is C13H7F4N3. The number of nitriles is 1. The van der Waals surface area contributed by atoms with Crippen molar-refractivity contribution in [2.45, 2.75) is 0 Å².